The van der Waals surface area contributed by atoms with Gasteiger partial charge in [-0.3, -0.25) is 14.5 Å². The van der Waals surface area contributed by atoms with Gasteiger partial charge in [-0.25, -0.2) is 0 Å². The maximum atomic E-state index is 11.3. The largest absolute Gasteiger partial charge is 0.399 e. The molecule has 5 nitrogen and oxygen atoms in total. The first kappa shape index (κ1) is 13.9. The van der Waals surface area contributed by atoms with E-state index >= 15 is 0 Å². The second-order valence-corrected chi connectivity index (χ2v) is 5.27. The van der Waals surface area contributed by atoms with Gasteiger partial charge in [0.25, 0.3) is 5.24 Å². The van der Waals surface area contributed by atoms with Gasteiger partial charge in [0, 0.05) is 18.8 Å². The fourth-order valence-electron chi connectivity index (χ4n) is 1.89. The minimum Gasteiger partial charge on any atom is -0.399 e. The summed E-state index contributed by atoms with van der Waals surface area (Å²) in [7, 11) is 0. The normalized spacial score (nSPS) is 15.3. The summed E-state index contributed by atoms with van der Waals surface area (Å²) in [5, 5.41) is 3.09. The number of nitrogens with zero attached hydrogens (tertiary/aromatic N) is 1. The van der Waals surface area contributed by atoms with E-state index in [1.807, 2.05) is 24.3 Å². The summed E-state index contributed by atoms with van der Waals surface area (Å²) in [6.45, 7) is 1.87. The van der Waals surface area contributed by atoms with E-state index in [2.05, 4.69) is 5.32 Å². The van der Waals surface area contributed by atoms with Crippen molar-refractivity contribution in [2.75, 3.05) is 31.1 Å². The summed E-state index contributed by atoms with van der Waals surface area (Å²) in [6, 6.07) is 7.77. The molecule has 1 saturated heterocycles. The number of nitrogens with two attached hydrogens (primary N) is 1. The van der Waals surface area contributed by atoms with Crippen LogP contribution in [0.2, 0.25) is 0 Å². The molecule has 2 rings (SSSR count). The summed E-state index contributed by atoms with van der Waals surface area (Å²) in [5.74, 6) is 0.190. The Morgan fingerprint density at radius 1 is 1.32 bits per heavy atom. The van der Waals surface area contributed by atoms with Gasteiger partial charge < -0.3 is 11.1 Å². The first-order valence-electron chi connectivity index (χ1n) is 6.19. The molecule has 0 unspecified atom stereocenters. The molecule has 1 fully saturated rings. The Morgan fingerprint density at radius 3 is 2.84 bits per heavy atom. The predicted octanol–water partition coefficient (Wildman–Crippen LogP) is 1.10. The number of hydrogen-bond acceptors (Lipinski definition) is 5. The molecule has 6 heteroatoms. The Balaban J connectivity index is 1.65. The molecule has 0 saturated carbocycles. The molecule has 0 atom stereocenters. The van der Waals surface area contributed by atoms with Crippen LogP contribution in [0.4, 0.5) is 10.5 Å². The number of thioether (sulfide) groups is 1. The number of rotatable bonds is 6. The average Bonchev–Trinajstić information content (AvgIpc) is 2.70. The van der Waals surface area contributed by atoms with E-state index in [9.17, 15) is 9.59 Å². The highest BCUT2D eigenvalue weighted by Crippen LogP contribution is 2.17. The zero-order chi connectivity index (χ0) is 13.7. The third-order valence-corrected chi connectivity index (χ3v) is 3.75. The van der Waals surface area contributed by atoms with Crippen molar-refractivity contribution in [1.82, 2.24) is 10.2 Å². The van der Waals surface area contributed by atoms with Gasteiger partial charge in [0.1, 0.15) is 0 Å². The number of hydrogen-bond donors (Lipinski definition) is 2. The van der Waals surface area contributed by atoms with Crippen LogP contribution in [0, 0.1) is 0 Å². The molecular weight excluding hydrogens is 262 g/mol. The maximum absolute atomic E-state index is 11.3. The Labute approximate surface area is 116 Å². The third-order valence-electron chi connectivity index (χ3n) is 2.89. The smallest absolute Gasteiger partial charge is 0.288 e. The zero-order valence-corrected chi connectivity index (χ0v) is 11.4. The molecule has 0 radical (unpaired) electrons. The van der Waals surface area contributed by atoms with Crippen molar-refractivity contribution >= 4 is 28.6 Å². The Kier molecular flexibility index (Phi) is 4.81. The van der Waals surface area contributed by atoms with Gasteiger partial charge in [-0.1, -0.05) is 23.9 Å². The standard InChI is InChI=1S/C13H17N3O2S/c14-11-3-1-2-10(8-11)4-5-15-6-7-16-12(17)9-19-13(16)18/h1-3,8,15H,4-7,9,14H2. The van der Waals surface area contributed by atoms with Crippen LogP contribution in [0.15, 0.2) is 24.3 Å². The molecule has 3 N–H and O–H groups in total. The lowest BCUT2D eigenvalue weighted by atomic mass is 10.1. The minimum atomic E-state index is -0.136. The maximum Gasteiger partial charge on any atom is 0.288 e. The number of carbonyl (C=O) groups is 2. The van der Waals surface area contributed by atoms with Crippen LogP contribution in [-0.4, -0.2) is 41.4 Å². The summed E-state index contributed by atoms with van der Waals surface area (Å²) in [6.07, 6.45) is 0.877. The summed E-state index contributed by atoms with van der Waals surface area (Å²) in [5.41, 5.74) is 7.64. The Hall–Kier alpha value is -1.53. The van der Waals surface area contributed by atoms with E-state index in [0.717, 1.165) is 30.4 Å². The third kappa shape index (κ3) is 3.97. The van der Waals surface area contributed by atoms with E-state index in [1.54, 1.807) is 0 Å². The molecule has 1 heterocycles. The van der Waals surface area contributed by atoms with Crippen molar-refractivity contribution in [1.29, 1.82) is 0 Å². The summed E-state index contributed by atoms with van der Waals surface area (Å²) in [4.78, 5) is 24.0. The molecule has 1 aromatic rings. The molecule has 1 aromatic carbocycles. The van der Waals surface area contributed by atoms with Crippen molar-refractivity contribution in [3.63, 3.8) is 0 Å². The number of anilines is 1. The van der Waals surface area contributed by atoms with Crippen molar-refractivity contribution in [3.05, 3.63) is 29.8 Å². The number of imide groups is 1. The van der Waals surface area contributed by atoms with Gasteiger partial charge in [-0.15, -0.1) is 0 Å². The van der Waals surface area contributed by atoms with Crippen LogP contribution in [0.1, 0.15) is 5.56 Å². The van der Waals surface area contributed by atoms with Gasteiger partial charge in [0.15, 0.2) is 0 Å². The molecule has 19 heavy (non-hydrogen) atoms. The fraction of sp³-hybridized carbons (Fsp3) is 0.385. The zero-order valence-electron chi connectivity index (χ0n) is 10.6. The van der Waals surface area contributed by atoms with Crippen LogP contribution in [0.25, 0.3) is 0 Å². The molecular formula is C13H17N3O2S. The molecule has 2 amide bonds. The lowest BCUT2D eigenvalue weighted by Crippen LogP contribution is -2.36. The highest BCUT2D eigenvalue weighted by atomic mass is 32.2. The number of benzene rings is 1. The fourth-order valence-corrected chi connectivity index (χ4v) is 2.65. The quantitative estimate of drug-likeness (QED) is 0.602. The molecule has 0 aliphatic carbocycles. The molecule has 0 spiro atoms. The summed E-state index contributed by atoms with van der Waals surface area (Å²) < 4.78 is 0. The highest BCUT2D eigenvalue weighted by molar-refractivity contribution is 8.14. The Morgan fingerprint density at radius 2 is 2.16 bits per heavy atom. The molecule has 102 valence electrons. The Bertz CT molecular complexity index is 463. The number of amides is 2. The highest BCUT2D eigenvalue weighted by Gasteiger charge is 2.28. The second-order valence-electron chi connectivity index (χ2n) is 4.34. The topological polar surface area (TPSA) is 75.4 Å². The van der Waals surface area contributed by atoms with E-state index in [1.165, 1.54) is 10.5 Å². The van der Waals surface area contributed by atoms with Gasteiger partial charge in [-0.2, -0.15) is 0 Å². The molecule has 0 aromatic heterocycles. The van der Waals surface area contributed by atoms with Crippen molar-refractivity contribution in [2.24, 2.45) is 0 Å². The van der Waals surface area contributed by atoms with Crippen LogP contribution >= 0.6 is 11.8 Å². The van der Waals surface area contributed by atoms with E-state index < -0.39 is 0 Å². The average molecular weight is 279 g/mol. The van der Waals surface area contributed by atoms with E-state index in [4.69, 9.17) is 5.73 Å². The van der Waals surface area contributed by atoms with Crippen molar-refractivity contribution in [3.8, 4) is 0 Å². The SMILES string of the molecule is Nc1cccc(CCNCCN2C(=O)CSC2=O)c1. The first-order chi connectivity index (χ1) is 9.16. The number of nitrogens with one attached hydrogen (secondary N) is 1. The van der Waals surface area contributed by atoms with Gasteiger partial charge in [-0.05, 0) is 30.7 Å². The lowest BCUT2D eigenvalue weighted by molar-refractivity contribution is -0.124. The van der Waals surface area contributed by atoms with E-state index in [-0.39, 0.29) is 16.9 Å². The monoisotopic (exact) mass is 279 g/mol. The van der Waals surface area contributed by atoms with Crippen molar-refractivity contribution in [2.45, 2.75) is 6.42 Å². The van der Waals surface area contributed by atoms with E-state index in [0.29, 0.717) is 13.1 Å². The first-order valence-corrected chi connectivity index (χ1v) is 7.17. The number of nitrogen functional groups attached to an aromatic ring is 1. The molecule has 0 bridgehead atoms. The predicted molar refractivity (Wildman–Crippen MR) is 77.0 cm³/mol. The van der Waals surface area contributed by atoms with Crippen LogP contribution in [0.3, 0.4) is 0 Å². The van der Waals surface area contributed by atoms with Crippen LogP contribution in [-0.2, 0) is 11.2 Å². The molecule has 1 aliphatic heterocycles. The molecule has 1 aliphatic rings. The van der Waals surface area contributed by atoms with Gasteiger partial charge >= 0.3 is 0 Å². The van der Waals surface area contributed by atoms with Crippen LogP contribution < -0.4 is 11.1 Å². The second kappa shape index (κ2) is 6.58. The number of carbonyl (C=O) groups excluding carboxylic acids is 2. The summed E-state index contributed by atoms with van der Waals surface area (Å²) >= 11 is 1.07. The van der Waals surface area contributed by atoms with Gasteiger partial charge in [0.05, 0.1) is 5.75 Å². The van der Waals surface area contributed by atoms with Crippen LogP contribution in [0.5, 0.6) is 0 Å². The van der Waals surface area contributed by atoms with Gasteiger partial charge in [0.2, 0.25) is 5.91 Å². The minimum absolute atomic E-state index is 0.0902. The van der Waals surface area contributed by atoms with Crippen molar-refractivity contribution < 1.29 is 9.59 Å². The lowest BCUT2D eigenvalue weighted by Gasteiger charge is -2.13.